The van der Waals surface area contributed by atoms with E-state index in [1.807, 2.05) is 18.2 Å². The minimum Gasteiger partial charge on any atom is -0.382 e. The molecular formula is C18H23N3O2S. The summed E-state index contributed by atoms with van der Waals surface area (Å²) in [7, 11) is -2.05. The van der Waals surface area contributed by atoms with Crippen LogP contribution in [0, 0.1) is 0 Å². The first-order valence-electron chi connectivity index (χ1n) is 8.35. The van der Waals surface area contributed by atoms with Crippen molar-refractivity contribution in [2.45, 2.75) is 43.0 Å². The molecule has 1 heterocycles. The van der Waals surface area contributed by atoms with Crippen LogP contribution in [0.25, 0.3) is 11.1 Å². The highest BCUT2D eigenvalue weighted by Gasteiger charge is 2.18. The molecule has 1 fully saturated rings. The largest absolute Gasteiger partial charge is 0.382 e. The van der Waals surface area contributed by atoms with Crippen molar-refractivity contribution < 1.29 is 8.42 Å². The summed E-state index contributed by atoms with van der Waals surface area (Å²) < 4.78 is 26.7. The van der Waals surface area contributed by atoms with Gasteiger partial charge >= 0.3 is 0 Å². The van der Waals surface area contributed by atoms with Crippen molar-refractivity contribution in [3.63, 3.8) is 0 Å². The summed E-state index contributed by atoms with van der Waals surface area (Å²) in [6, 6.07) is 9.50. The number of anilines is 1. The lowest BCUT2D eigenvalue weighted by Crippen LogP contribution is -2.23. The van der Waals surface area contributed by atoms with Gasteiger partial charge in [-0.3, -0.25) is 4.98 Å². The van der Waals surface area contributed by atoms with Crippen LogP contribution < -0.4 is 10.0 Å². The van der Waals surface area contributed by atoms with Gasteiger partial charge in [0.15, 0.2) is 0 Å². The van der Waals surface area contributed by atoms with E-state index in [0.29, 0.717) is 6.04 Å². The van der Waals surface area contributed by atoms with Crippen LogP contribution in [0.4, 0.5) is 5.69 Å². The molecule has 2 aromatic rings. The predicted octanol–water partition coefficient (Wildman–Crippen LogP) is 3.40. The van der Waals surface area contributed by atoms with Crippen molar-refractivity contribution in [1.82, 2.24) is 9.71 Å². The van der Waals surface area contributed by atoms with Crippen molar-refractivity contribution in [3.05, 3.63) is 42.7 Å². The zero-order valence-electron chi connectivity index (χ0n) is 13.8. The summed E-state index contributed by atoms with van der Waals surface area (Å²) in [4.78, 5) is 4.32. The smallest absolute Gasteiger partial charge is 0.240 e. The molecular weight excluding hydrogens is 322 g/mol. The number of rotatable bonds is 5. The van der Waals surface area contributed by atoms with E-state index in [2.05, 4.69) is 15.0 Å². The predicted molar refractivity (Wildman–Crippen MR) is 96.4 cm³/mol. The van der Waals surface area contributed by atoms with Crippen LogP contribution in [0.5, 0.6) is 0 Å². The second-order valence-corrected chi connectivity index (χ2v) is 8.02. The van der Waals surface area contributed by atoms with Crippen LogP contribution in [-0.2, 0) is 10.0 Å². The number of pyridine rings is 1. The van der Waals surface area contributed by atoms with Gasteiger partial charge in [0.2, 0.25) is 10.0 Å². The van der Waals surface area contributed by atoms with Crippen molar-refractivity contribution >= 4 is 15.7 Å². The quantitative estimate of drug-likeness (QED) is 0.871. The van der Waals surface area contributed by atoms with Gasteiger partial charge in [-0.05, 0) is 55.8 Å². The Bertz CT molecular complexity index is 785. The second-order valence-electron chi connectivity index (χ2n) is 6.13. The lowest BCUT2D eigenvalue weighted by atomic mass is 9.94. The third-order valence-electron chi connectivity index (χ3n) is 4.53. The number of hydrogen-bond donors (Lipinski definition) is 2. The minimum atomic E-state index is -3.47. The molecule has 3 rings (SSSR count). The Morgan fingerprint density at radius 2 is 1.75 bits per heavy atom. The van der Waals surface area contributed by atoms with E-state index >= 15 is 0 Å². The number of hydrogen-bond acceptors (Lipinski definition) is 4. The van der Waals surface area contributed by atoms with Crippen LogP contribution in [0.3, 0.4) is 0 Å². The van der Waals surface area contributed by atoms with E-state index in [1.165, 1.54) is 26.3 Å². The Hall–Kier alpha value is -1.92. The Morgan fingerprint density at radius 1 is 1.04 bits per heavy atom. The Balaban J connectivity index is 2.01. The molecule has 24 heavy (non-hydrogen) atoms. The van der Waals surface area contributed by atoms with E-state index in [9.17, 15) is 8.42 Å². The molecule has 1 aromatic carbocycles. The van der Waals surface area contributed by atoms with Crippen molar-refractivity contribution in [3.8, 4) is 11.1 Å². The molecule has 1 aliphatic carbocycles. The summed E-state index contributed by atoms with van der Waals surface area (Å²) in [5.41, 5.74) is 2.82. The lowest BCUT2D eigenvalue weighted by Gasteiger charge is -2.25. The van der Waals surface area contributed by atoms with Gasteiger partial charge in [-0.25, -0.2) is 13.1 Å². The van der Waals surface area contributed by atoms with Gasteiger partial charge in [-0.2, -0.15) is 0 Å². The van der Waals surface area contributed by atoms with E-state index in [1.54, 1.807) is 24.5 Å². The fourth-order valence-corrected chi connectivity index (χ4v) is 3.93. The minimum absolute atomic E-state index is 0.269. The van der Waals surface area contributed by atoms with Crippen molar-refractivity contribution in [2.24, 2.45) is 0 Å². The normalized spacial score (nSPS) is 16.0. The third-order valence-corrected chi connectivity index (χ3v) is 5.94. The van der Waals surface area contributed by atoms with Gasteiger partial charge in [0, 0.05) is 29.7 Å². The van der Waals surface area contributed by atoms with Gasteiger partial charge in [0.05, 0.1) is 4.90 Å². The third kappa shape index (κ3) is 3.76. The Kier molecular flexibility index (Phi) is 5.16. The maximum absolute atomic E-state index is 12.1. The van der Waals surface area contributed by atoms with Gasteiger partial charge in [0.1, 0.15) is 0 Å². The highest BCUT2D eigenvalue weighted by Crippen LogP contribution is 2.32. The highest BCUT2D eigenvalue weighted by atomic mass is 32.2. The van der Waals surface area contributed by atoms with Crippen LogP contribution in [0.15, 0.2) is 47.6 Å². The summed E-state index contributed by atoms with van der Waals surface area (Å²) in [6.07, 6.45) is 9.55. The first kappa shape index (κ1) is 16.9. The van der Waals surface area contributed by atoms with Gasteiger partial charge in [0.25, 0.3) is 0 Å². The van der Waals surface area contributed by atoms with Crippen molar-refractivity contribution in [1.29, 1.82) is 0 Å². The topological polar surface area (TPSA) is 71.1 Å². The monoisotopic (exact) mass is 345 g/mol. The molecule has 0 saturated heterocycles. The maximum atomic E-state index is 12.1. The van der Waals surface area contributed by atoms with Gasteiger partial charge in [-0.15, -0.1) is 0 Å². The molecule has 0 atom stereocenters. The van der Waals surface area contributed by atoms with Crippen LogP contribution in [0.2, 0.25) is 0 Å². The van der Waals surface area contributed by atoms with Gasteiger partial charge in [-0.1, -0.05) is 19.3 Å². The fourth-order valence-electron chi connectivity index (χ4n) is 3.17. The average Bonchev–Trinajstić information content (AvgIpc) is 2.63. The zero-order valence-corrected chi connectivity index (χ0v) is 14.6. The molecule has 0 bridgehead atoms. The van der Waals surface area contributed by atoms with Crippen LogP contribution in [0.1, 0.15) is 32.1 Å². The number of benzene rings is 1. The highest BCUT2D eigenvalue weighted by molar-refractivity contribution is 7.89. The van der Waals surface area contributed by atoms with E-state index in [4.69, 9.17) is 0 Å². The number of sulfonamides is 1. The van der Waals surface area contributed by atoms with Gasteiger partial charge < -0.3 is 5.32 Å². The second kappa shape index (κ2) is 7.32. The molecule has 0 aliphatic heterocycles. The first-order valence-corrected chi connectivity index (χ1v) is 9.83. The number of nitrogens with zero attached hydrogens (tertiary/aromatic N) is 1. The molecule has 1 aromatic heterocycles. The summed E-state index contributed by atoms with van der Waals surface area (Å²) in [6.45, 7) is 0. The first-order chi connectivity index (χ1) is 11.6. The SMILES string of the molecule is CNS(=O)(=O)c1ccc(NC2CCCCC2)c(-c2ccncc2)c1. The summed E-state index contributed by atoms with van der Waals surface area (Å²) in [5, 5.41) is 3.61. The molecule has 6 heteroatoms. The summed E-state index contributed by atoms with van der Waals surface area (Å²) >= 11 is 0. The van der Waals surface area contributed by atoms with E-state index < -0.39 is 10.0 Å². The molecule has 0 spiro atoms. The summed E-state index contributed by atoms with van der Waals surface area (Å²) in [5.74, 6) is 0. The van der Waals surface area contributed by atoms with Crippen LogP contribution in [-0.4, -0.2) is 26.5 Å². The molecule has 128 valence electrons. The zero-order chi connectivity index (χ0) is 17.0. The van der Waals surface area contributed by atoms with Crippen LogP contribution >= 0.6 is 0 Å². The number of nitrogens with one attached hydrogen (secondary N) is 2. The maximum Gasteiger partial charge on any atom is 0.240 e. The standard InChI is InChI=1S/C18H23N3O2S/c1-19-24(22,23)16-7-8-18(21-15-5-3-2-4-6-15)17(13-16)14-9-11-20-12-10-14/h7-13,15,19,21H,2-6H2,1H3. The molecule has 0 amide bonds. The average molecular weight is 345 g/mol. The van der Waals surface area contributed by atoms with Crippen molar-refractivity contribution in [2.75, 3.05) is 12.4 Å². The Morgan fingerprint density at radius 3 is 2.42 bits per heavy atom. The molecule has 5 nitrogen and oxygen atoms in total. The lowest BCUT2D eigenvalue weighted by molar-refractivity contribution is 0.463. The molecule has 0 radical (unpaired) electrons. The molecule has 1 aliphatic rings. The van der Waals surface area contributed by atoms with E-state index in [0.717, 1.165) is 29.7 Å². The fraction of sp³-hybridized carbons (Fsp3) is 0.389. The molecule has 0 unspecified atom stereocenters. The molecule has 1 saturated carbocycles. The number of aromatic nitrogens is 1. The van der Waals surface area contributed by atoms with E-state index in [-0.39, 0.29) is 4.90 Å². The Labute approximate surface area is 143 Å². The molecule has 2 N–H and O–H groups in total.